The zero-order valence-corrected chi connectivity index (χ0v) is 20.4. The summed E-state index contributed by atoms with van der Waals surface area (Å²) in [6, 6.07) is 12.1. The number of Topliss-reactive ketones (excluding diaryl/α,β-unsaturated/α-hetero) is 1. The topological polar surface area (TPSA) is 76.1 Å². The highest BCUT2D eigenvalue weighted by Crippen LogP contribution is 2.46. The Morgan fingerprint density at radius 1 is 1.00 bits per heavy atom. The molecule has 6 nitrogen and oxygen atoms in total. The summed E-state index contributed by atoms with van der Waals surface area (Å²) in [7, 11) is 2.80. The van der Waals surface area contributed by atoms with Crippen LogP contribution in [-0.4, -0.2) is 31.0 Å². The zero-order chi connectivity index (χ0) is 25.4. The second kappa shape index (κ2) is 9.60. The Bertz CT molecular complexity index is 1390. The zero-order valence-electron chi connectivity index (χ0n) is 18.9. The minimum absolute atomic E-state index is 0.0120. The summed E-state index contributed by atoms with van der Waals surface area (Å²) in [5.41, 5.74) is 0.699. The van der Waals surface area contributed by atoms with Crippen LogP contribution >= 0.6 is 23.2 Å². The second-order valence-electron chi connectivity index (χ2n) is 7.84. The lowest BCUT2D eigenvalue weighted by Crippen LogP contribution is -2.29. The van der Waals surface area contributed by atoms with Crippen molar-refractivity contribution in [3.05, 3.63) is 92.7 Å². The number of aliphatic hydroxyl groups excluding tert-OH is 1. The average molecular weight is 516 g/mol. The monoisotopic (exact) mass is 515 g/mol. The number of carbonyl (C=O) groups is 2. The summed E-state index contributed by atoms with van der Waals surface area (Å²) in [6.45, 7) is 1.74. The largest absolute Gasteiger partial charge is 0.507 e. The number of aryl methyl sites for hydroxylation is 1. The van der Waals surface area contributed by atoms with Crippen molar-refractivity contribution < 1.29 is 28.6 Å². The van der Waals surface area contributed by atoms with Gasteiger partial charge < -0.3 is 14.6 Å². The number of rotatable bonds is 5. The smallest absolute Gasteiger partial charge is 0.300 e. The number of amides is 1. The van der Waals surface area contributed by atoms with E-state index >= 15 is 4.39 Å². The Morgan fingerprint density at radius 3 is 2.34 bits per heavy atom. The first-order valence-corrected chi connectivity index (χ1v) is 11.2. The Labute approximate surface area is 211 Å². The molecule has 0 spiro atoms. The molecule has 0 aromatic heterocycles. The summed E-state index contributed by atoms with van der Waals surface area (Å²) >= 11 is 12.6. The molecule has 3 aromatic rings. The van der Waals surface area contributed by atoms with E-state index in [-0.39, 0.29) is 38.2 Å². The van der Waals surface area contributed by atoms with Gasteiger partial charge in [-0.3, -0.25) is 14.5 Å². The summed E-state index contributed by atoms with van der Waals surface area (Å²) in [5, 5.41) is 11.8. The van der Waals surface area contributed by atoms with Gasteiger partial charge in [0.1, 0.15) is 23.1 Å². The van der Waals surface area contributed by atoms with E-state index in [9.17, 15) is 14.7 Å². The highest BCUT2D eigenvalue weighted by molar-refractivity contribution is 6.52. The van der Waals surface area contributed by atoms with E-state index < -0.39 is 29.3 Å². The van der Waals surface area contributed by atoms with Gasteiger partial charge in [-0.15, -0.1) is 0 Å². The van der Waals surface area contributed by atoms with Crippen LogP contribution in [0.2, 0.25) is 10.0 Å². The lowest BCUT2D eigenvalue weighted by molar-refractivity contribution is -0.132. The van der Waals surface area contributed by atoms with Crippen molar-refractivity contribution in [1.82, 2.24) is 0 Å². The number of anilines is 1. The van der Waals surface area contributed by atoms with Crippen molar-refractivity contribution in [1.29, 1.82) is 0 Å². The molecule has 0 radical (unpaired) electrons. The number of ketones is 1. The molecule has 1 atom stereocenters. The Hall–Kier alpha value is -3.55. The molecule has 1 heterocycles. The number of hydrogen-bond acceptors (Lipinski definition) is 5. The van der Waals surface area contributed by atoms with Crippen molar-refractivity contribution in [2.45, 2.75) is 13.0 Å². The van der Waals surface area contributed by atoms with Crippen LogP contribution in [0.1, 0.15) is 22.7 Å². The van der Waals surface area contributed by atoms with Crippen LogP contribution in [0.5, 0.6) is 11.5 Å². The van der Waals surface area contributed by atoms with Crippen LogP contribution < -0.4 is 14.4 Å². The van der Waals surface area contributed by atoms with Crippen LogP contribution in [0.15, 0.2) is 60.2 Å². The fourth-order valence-electron chi connectivity index (χ4n) is 4.15. The Balaban J connectivity index is 2.02. The third kappa shape index (κ3) is 4.22. The fourth-order valence-corrected chi connectivity index (χ4v) is 4.76. The maximum absolute atomic E-state index is 15.1. The van der Waals surface area contributed by atoms with E-state index in [2.05, 4.69) is 0 Å². The maximum Gasteiger partial charge on any atom is 0.300 e. The molecule has 0 saturated carbocycles. The van der Waals surface area contributed by atoms with Gasteiger partial charge in [0.15, 0.2) is 0 Å². The van der Waals surface area contributed by atoms with Gasteiger partial charge in [-0.25, -0.2) is 4.39 Å². The van der Waals surface area contributed by atoms with Gasteiger partial charge in [-0.1, -0.05) is 41.4 Å². The Morgan fingerprint density at radius 2 is 1.71 bits per heavy atom. The highest BCUT2D eigenvalue weighted by atomic mass is 35.5. The van der Waals surface area contributed by atoms with E-state index in [0.717, 1.165) is 4.90 Å². The minimum Gasteiger partial charge on any atom is -0.507 e. The molecule has 35 heavy (non-hydrogen) atoms. The number of halogens is 3. The third-order valence-electron chi connectivity index (χ3n) is 5.70. The molecule has 1 fully saturated rings. The lowest BCUT2D eigenvalue weighted by Gasteiger charge is -2.26. The van der Waals surface area contributed by atoms with Crippen LogP contribution in [0.3, 0.4) is 0 Å². The third-order valence-corrected chi connectivity index (χ3v) is 6.28. The van der Waals surface area contributed by atoms with Crippen LogP contribution in [-0.2, 0) is 9.59 Å². The average Bonchev–Trinajstić information content (AvgIpc) is 3.08. The predicted octanol–water partition coefficient (Wildman–Crippen LogP) is 6.08. The number of carbonyl (C=O) groups excluding carboxylic acids is 2. The quantitative estimate of drug-likeness (QED) is 0.253. The molecular weight excluding hydrogens is 496 g/mol. The van der Waals surface area contributed by atoms with Gasteiger partial charge in [-0.2, -0.15) is 0 Å². The molecule has 4 rings (SSSR count). The molecule has 1 unspecified atom stereocenters. The molecule has 1 aliphatic rings. The normalized spacial score (nSPS) is 17.1. The fraction of sp³-hybridized carbons (Fsp3) is 0.154. The molecule has 1 aliphatic heterocycles. The summed E-state index contributed by atoms with van der Waals surface area (Å²) < 4.78 is 25.6. The lowest BCUT2D eigenvalue weighted by atomic mass is 9.94. The minimum atomic E-state index is -1.29. The first-order valence-electron chi connectivity index (χ1n) is 10.4. The van der Waals surface area contributed by atoms with E-state index in [1.165, 1.54) is 50.6 Å². The molecule has 3 aromatic carbocycles. The van der Waals surface area contributed by atoms with Gasteiger partial charge in [-0.05, 0) is 48.9 Å². The Kier molecular flexibility index (Phi) is 6.74. The highest BCUT2D eigenvalue weighted by Gasteiger charge is 2.48. The van der Waals surface area contributed by atoms with Crippen molar-refractivity contribution in [2.24, 2.45) is 0 Å². The van der Waals surface area contributed by atoms with Crippen molar-refractivity contribution in [3.8, 4) is 11.5 Å². The van der Waals surface area contributed by atoms with Gasteiger partial charge in [0, 0.05) is 11.3 Å². The molecule has 1 amide bonds. The summed E-state index contributed by atoms with van der Waals surface area (Å²) in [4.78, 5) is 27.7. The number of methoxy groups -OCH3 is 2. The number of benzene rings is 3. The molecule has 1 saturated heterocycles. The maximum atomic E-state index is 15.1. The number of ether oxygens (including phenoxy) is 2. The molecule has 1 N–H and O–H groups in total. The summed E-state index contributed by atoms with van der Waals surface area (Å²) in [6.07, 6.45) is 0. The van der Waals surface area contributed by atoms with Crippen LogP contribution in [0.4, 0.5) is 10.1 Å². The molecular formula is C26H20Cl2FNO5. The van der Waals surface area contributed by atoms with Gasteiger partial charge >= 0.3 is 0 Å². The van der Waals surface area contributed by atoms with Gasteiger partial charge in [0.25, 0.3) is 11.7 Å². The standard InChI is InChI=1S/C26H20Cl2FNO5/c1-13-10-16(25(35-3)18(28)11-13)23(31)21-22(15-6-4-5-7-19(15)29)30(26(33)24(21)32)14-8-9-20(34-2)17(27)12-14/h4-12,22,31H,1-3H3/b23-21+. The van der Waals surface area contributed by atoms with Crippen LogP contribution in [0, 0.1) is 12.7 Å². The summed E-state index contributed by atoms with van der Waals surface area (Å²) in [5.74, 6) is -2.69. The van der Waals surface area contributed by atoms with Crippen molar-refractivity contribution in [2.75, 3.05) is 19.1 Å². The molecule has 0 bridgehead atoms. The van der Waals surface area contributed by atoms with Crippen molar-refractivity contribution >= 4 is 46.3 Å². The first kappa shape index (κ1) is 24.6. The SMILES string of the molecule is COc1ccc(N2C(=O)C(=O)/C(=C(/O)c3cc(C)cc(Cl)c3OC)C2c2ccccc2F)cc1Cl. The van der Waals surface area contributed by atoms with Crippen LogP contribution in [0.25, 0.3) is 5.76 Å². The number of nitrogens with zero attached hydrogens (tertiary/aromatic N) is 1. The van der Waals surface area contributed by atoms with Crippen molar-refractivity contribution in [3.63, 3.8) is 0 Å². The first-order chi connectivity index (χ1) is 16.7. The predicted molar refractivity (Wildman–Crippen MR) is 132 cm³/mol. The number of hydrogen-bond donors (Lipinski definition) is 1. The molecule has 9 heteroatoms. The van der Waals surface area contributed by atoms with Gasteiger partial charge in [0.2, 0.25) is 0 Å². The van der Waals surface area contributed by atoms with Gasteiger partial charge in [0.05, 0.1) is 41.4 Å². The van der Waals surface area contributed by atoms with E-state index in [1.54, 1.807) is 25.1 Å². The van der Waals surface area contributed by atoms with E-state index in [0.29, 0.717) is 11.3 Å². The molecule has 180 valence electrons. The van der Waals surface area contributed by atoms with E-state index in [1.807, 2.05) is 0 Å². The van der Waals surface area contributed by atoms with E-state index in [4.69, 9.17) is 32.7 Å². The number of aliphatic hydroxyl groups is 1. The molecule has 0 aliphatic carbocycles. The second-order valence-corrected chi connectivity index (χ2v) is 8.65.